The number of carboxylic acid groups (broad SMARTS) is 1. The largest absolute Gasteiger partial charge is 0.488 e. The predicted molar refractivity (Wildman–Crippen MR) is 78.7 cm³/mol. The molecule has 2 bridgehead atoms. The van der Waals surface area contributed by atoms with Crippen molar-refractivity contribution in [3.8, 4) is 5.75 Å². The van der Waals surface area contributed by atoms with E-state index in [1.54, 1.807) is 12.1 Å². The molecule has 0 radical (unpaired) electrons. The van der Waals surface area contributed by atoms with Gasteiger partial charge in [-0.25, -0.2) is 4.79 Å². The van der Waals surface area contributed by atoms with Gasteiger partial charge in [-0.3, -0.25) is 0 Å². The maximum atomic E-state index is 11.0. The van der Waals surface area contributed by atoms with Crippen LogP contribution in [-0.2, 0) is 0 Å². The number of ether oxygens (including phenoxy) is 1. The monoisotopic (exact) mass is 388 g/mol. The molecule has 3 rings (SSSR count). The molecule has 2 aliphatic carbocycles. The summed E-state index contributed by atoms with van der Waals surface area (Å²) in [5.41, 5.74) is 0.249. The van der Waals surface area contributed by atoms with Crippen molar-refractivity contribution in [2.24, 2.45) is 11.8 Å². The molecule has 2 aliphatic rings. The summed E-state index contributed by atoms with van der Waals surface area (Å²) < 4.78 is 7.51. The van der Waals surface area contributed by atoms with Gasteiger partial charge in [-0.15, -0.1) is 0 Å². The van der Waals surface area contributed by atoms with Crippen LogP contribution in [0.3, 0.4) is 0 Å². The Morgan fingerprint density at radius 2 is 1.89 bits per heavy atom. The van der Waals surface area contributed by atoms with E-state index in [9.17, 15) is 4.79 Å². The summed E-state index contributed by atoms with van der Waals surface area (Å²) in [6.45, 7) is 0. The molecule has 0 aromatic heterocycles. The molecule has 102 valence electrons. The van der Waals surface area contributed by atoms with Crippen molar-refractivity contribution in [2.45, 2.75) is 31.8 Å². The molecule has 3 unspecified atom stereocenters. The lowest BCUT2D eigenvalue weighted by Crippen LogP contribution is -2.23. The number of rotatable bonds is 3. The number of fused-ring (bicyclic) bond motifs is 2. The number of carboxylic acids is 1. The number of benzene rings is 1. The van der Waals surface area contributed by atoms with Crippen molar-refractivity contribution in [2.75, 3.05) is 0 Å². The molecule has 0 saturated heterocycles. The minimum atomic E-state index is -0.937. The molecule has 1 N–H and O–H groups in total. The molecule has 0 spiro atoms. The van der Waals surface area contributed by atoms with Gasteiger partial charge < -0.3 is 9.84 Å². The van der Waals surface area contributed by atoms with Gasteiger partial charge in [-0.05, 0) is 81.5 Å². The highest BCUT2D eigenvalue weighted by molar-refractivity contribution is 9.11. The second-order valence-corrected chi connectivity index (χ2v) is 7.11. The van der Waals surface area contributed by atoms with Crippen molar-refractivity contribution in [1.29, 1.82) is 0 Å². The Morgan fingerprint density at radius 1 is 1.21 bits per heavy atom. The molecule has 19 heavy (non-hydrogen) atoms. The van der Waals surface area contributed by atoms with Crippen molar-refractivity contribution >= 4 is 37.8 Å². The van der Waals surface area contributed by atoms with Crippen LogP contribution in [0.15, 0.2) is 21.1 Å². The molecule has 2 saturated carbocycles. The first-order valence-electron chi connectivity index (χ1n) is 6.43. The second-order valence-electron chi connectivity index (χ2n) is 5.41. The summed E-state index contributed by atoms with van der Waals surface area (Å²) >= 11 is 6.82. The number of aromatic carboxylic acids is 1. The molecule has 0 heterocycles. The Morgan fingerprint density at radius 3 is 2.37 bits per heavy atom. The van der Waals surface area contributed by atoms with Gasteiger partial charge in [0, 0.05) is 0 Å². The van der Waals surface area contributed by atoms with Gasteiger partial charge in [-0.2, -0.15) is 0 Å². The van der Waals surface area contributed by atoms with Crippen LogP contribution in [0.4, 0.5) is 0 Å². The van der Waals surface area contributed by atoms with E-state index in [4.69, 9.17) is 9.84 Å². The third kappa shape index (κ3) is 2.55. The van der Waals surface area contributed by atoms with E-state index in [1.807, 2.05) is 0 Å². The van der Waals surface area contributed by atoms with Crippen molar-refractivity contribution < 1.29 is 14.6 Å². The van der Waals surface area contributed by atoms with E-state index in [0.29, 0.717) is 14.9 Å². The van der Waals surface area contributed by atoms with Crippen LogP contribution in [0.2, 0.25) is 0 Å². The van der Waals surface area contributed by atoms with Gasteiger partial charge >= 0.3 is 5.97 Å². The molecular formula is C14H14Br2O3. The summed E-state index contributed by atoms with van der Waals surface area (Å²) in [6.07, 6.45) is 5.29. The van der Waals surface area contributed by atoms with Crippen LogP contribution in [0.1, 0.15) is 36.0 Å². The molecule has 5 heteroatoms. The van der Waals surface area contributed by atoms with Gasteiger partial charge in [0.2, 0.25) is 0 Å². The topological polar surface area (TPSA) is 46.5 Å². The Balaban J connectivity index is 1.83. The van der Waals surface area contributed by atoms with Crippen LogP contribution in [0.25, 0.3) is 0 Å². The van der Waals surface area contributed by atoms with Crippen molar-refractivity contribution in [3.05, 3.63) is 26.6 Å². The Bertz CT molecular complexity index is 506. The zero-order chi connectivity index (χ0) is 13.6. The standard InChI is InChI=1S/C14H14Br2O3/c15-10-5-9(14(17)18)6-11(16)13(10)19-12-4-7-1-2-8(12)3-7/h5-8,12H,1-4H2,(H,17,18). The van der Waals surface area contributed by atoms with Gasteiger partial charge in [0.15, 0.2) is 0 Å². The van der Waals surface area contributed by atoms with Crippen molar-refractivity contribution in [1.82, 2.24) is 0 Å². The Labute approximate surface area is 128 Å². The first-order chi connectivity index (χ1) is 9.04. The first-order valence-corrected chi connectivity index (χ1v) is 8.02. The smallest absolute Gasteiger partial charge is 0.335 e. The average Bonchev–Trinajstić information content (AvgIpc) is 2.95. The fourth-order valence-electron chi connectivity index (χ4n) is 3.28. The van der Waals surface area contributed by atoms with E-state index < -0.39 is 5.97 Å². The fraction of sp³-hybridized carbons (Fsp3) is 0.500. The lowest BCUT2D eigenvalue weighted by atomic mass is 9.98. The van der Waals surface area contributed by atoms with Crippen LogP contribution >= 0.6 is 31.9 Å². The summed E-state index contributed by atoms with van der Waals surface area (Å²) in [4.78, 5) is 11.0. The summed E-state index contributed by atoms with van der Waals surface area (Å²) in [7, 11) is 0. The molecular weight excluding hydrogens is 376 g/mol. The van der Waals surface area contributed by atoms with Gasteiger partial charge in [0.25, 0.3) is 0 Å². The summed E-state index contributed by atoms with van der Waals surface area (Å²) in [5, 5.41) is 9.01. The highest BCUT2D eigenvalue weighted by atomic mass is 79.9. The van der Waals surface area contributed by atoms with E-state index in [2.05, 4.69) is 31.9 Å². The maximum Gasteiger partial charge on any atom is 0.335 e. The first kappa shape index (κ1) is 13.4. The highest BCUT2D eigenvalue weighted by Crippen LogP contribution is 2.47. The molecule has 1 aromatic carbocycles. The molecule has 3 atom stereocenters. The summed E-state index contributed by atoms with van der Waals surface area (Å²) in [6, 6.07) is 3.19. The lowest BCUT2D eigenvalue weighted by molar-refractivity contribution is 0.0696. The van der Waals surface area contributed by atoms with E-state index in [0.717, 1.165) is 18.1 Å². The predicted octanol–water partition coefficient (Wildman–Crippen LogP) is 4.48. The minimum Gasteiger partial charge on any atom is -0.488 e. The quantitative estimate of drug-likeness (QED) is 0.828. The number of hydrogen-bond donors (Lipinski definition) is 1. The number of hydrogen-bond acceptors (Lipinski definition) is 2. The maximum absolute atomic E-state index is 11.0. The van der Waals surface area contributed by atoms with Crippen LogP contribution in [-0.4, -0.2) is 17.2 Å². The van der Waals surface area contributed by atoms with Crippen molar-refractivity contribution in [3.63, 3.8) is 0 Å². The normalized spacial score (nSPS) is 28.6. The van der Waals surface area contributed by atoms with Gasteiger partial charge in [0.05, 0.1) is 14.5 Å². The van der Waals surface area contributed by atoms with Crippen LogP contribution in [0, 0.1) is 11.8 Å². The Kier molecular flexibility index (Phi) is 3.60. The van der Waals surface area contributed by atoms with Crippen LogP contribution < -0.4 is 4.74 Å². The van der Waals surface area contributed by atoms with Crippen LogP contribution in [0.5, 0.6) is 5.75 Å². The second kappa shape index (κ2) is 5.09. The zero-order valence-corrected chi connectivity index (χ0v) is 13.4. The third-order valence-electron chi connectivity index (χ3n) is 4.19. The number of carbonyl (C=O) groups is 1. The molecule has 2 fully saturated rings. The van der Waals surface area contributed by atoms with Gasteiger partial charge in [0.1, 0.15) is 11.9 Å². The highest BCUT2D eigenvalue weighted by Gasteiger charge is 2.41. The van der Waals surface area contributed by atoms with Gasteiger partial charge in [-0.1, -0.05) is 0 Å². The molecule has 0 amide bonds. The summed E-state index contributed by atoms with van der Waals surface area (Å²) in [5.74, 6) is 1.28. The van der Waals surface area contributed by atoms with E-state index in [-0.39, 0.29) is 11.7 Å². The molecule has 3 nitrogen and oxygen atoms in total. The van der Waals surface area contributed by atoms with E-state index >= 15 is 0 Å². The zero-order valence-electron chi connectivity index (χ0n) is 10.2. The minimum absolute atomic E-state index is 0.249. The average molecular weight is 390 g/mol. The number of halogens is 2. The van der Waals surface area contributed by atoms with E-state index in [1.165, 1.54) is 19.3 Å². The molecule has 1 aromatic rings. The fourth-order valence-corrected chi connectivity index (χ4v) is 4.65. The SMILES string of the molecule is O=C(O)c1cc(Br)c(OC2CC3CCC2C3)c(Br)c1. The molecule has 0 aliphatic heterocycles. The Hall–Kier alpha value is -0.550. The third-order valence-corrected chi connectivity index (χ3v) is 5.37. The lowest BCUT2D eigenvalue weighted by Gasteiger charge is -2.24.